The molecule has 1 amide bonds. The van der Waals surface area contributed by atoms with Gasteiger partial charge in [0, 0.05) is 53.9 Å². The lowest BCUT2D eigenvalue weighted by Gasteiger charge is -2.40. The Labute approximate surface area is 243 Å². The third-order valence-corrected chi connectivity index (χ3v) is 8.53. The molecule has 6 rings (SSSR count). The Morgan fingerprint density at radius 3 is 2.73 bits per heavy atom. The van der Waals surface area contributed by atoms with Gasteiger partial charge in [-0.25, -0.2) is 4.39 Å². The molecule has 2 aromatic heterocycles. The summed E-state index contributed by atoms with van der Waals surface area (Å²) in [5, 5.41) is 2.63. The number of fused-ring (bicyclic) bond motifs is 2. The number of carbonyl (C=O) groups excluding carboxylic acids is 1. The van der Waals surface area contributed by atoms with Gasteiger partial charge in [-0.3, -0.25) is 9.78 Å². The summed E-state index contributed by atoms with van der Waals surface area (Å²) in [4.78, 5) is 32.3. The monoisotopic (exact) mass is 574 g/mol. The maximum absolute atomic E-state index is 16.5. The summed E-state index contributed by atoms with van der Waals surface area (Å²) >= 11 is 6.57. The third-order valence-electron chi connectivity index (χ3n) is 8.21. The number of benzene rings is 2. The van der Waals surface area contributed by atoms with E-state index < -0.39 is 5.82 Å². The first-order valence-corrected chi connectivity index (χ1v) is 14.3. The number of halogens is 2. The van der Waals surface area contributed by atoms with Crippen LogP contribution in [0.4, 0.5) is 10.2 Å². The van der Waals surface area contributed by atoms with Crippen LogP contribution >= 0.6 is 11.6 Å². The first kappa shape index (κ1) is 27.4. The quantitative estimate of drug-likeness (QED) is 0.288. The van der Waals surface area contributed by atoms with Crippen LogP contribution in [0.15, 0.2) is 55.3 Å². The second-order valence-electron chi connectivity index (χ2n) is 10.8. The standard InChI is InChI=1S/C31H32ClFN6O2/c1-4-25(40)38-14-15-39(19(2)17-38)30-23-16-34-28(22-11-5-8-20-9-6-12-24(32)26(20)22)27(33)29(23)35-31(36-30)41-18-21-10-7-13-37(21)3/h4-6,8-9,11-12,16,19,21H,1,7,10,13-15,17-18H2,2-3H3/t19-,21-/m0/s1. The van der Waals surface area contributed by atoms with Crippen LogP contribution in [0.1, 0.15) is 19.8 Å². The minimum atomic E-state index is -0.561. The van der Waals surface area contributed by atoms with Gasteiger partial charge in [0.05, 0.1) is 5.39 Å². The summed E-state index contributed by atoms with van der Waals surface area (Å²) in [6.07, 6.45) is 5.09. The van der Waals surface area contributed by atoms with Crippen molar-refractivity contribution in [2.75, 3.05) is 44.7 Å². The van der Waals surface area contributed by atoms with Gasteiger partial charge < -0.3 is 19.4 Å². The fourth-order valence-corrected chi connectivity index (χ4v) is 6.23. The van der Waals surface area contributed by atoms with Crippen molar-refractivity contribution in [2.45, 2.75) is 31.8 Å². The van der Waals surface area contributed by atoms with E-state index in [-0.39, 0.29) is 35.2 Å². The molecule has 8 nitrogen and oxygen atoms in total. The Hall–Kier alpha value is -3.82. The van der Waals surface area contributed by atoms with E-state index in [4.69, 9.17) is 21.3 Å². The van der Waals surface area contributed by atoms with E-state index >= 15 is 4.39 Å². The van der Waals surface area contributed by atoms with Crippen molar-refractivity contribution >= 4 is 45.0 Å². The van der Waals surface area contributed by atoms with Crippen LogP contribution in [-0.2, 0) is 4.79 Å². The van der Waals surface area contributed by atoms with Crippen molar-refractivity contribution in [1.82, 2.24) is 24.8 Å². The number of piperazine rings is 1. The van der Waals surface area contributed by atoms with Crippen LogP contribution in [0.5, 0.6) is 6.01 Å². The van der Waals surface area contributed by atoms with Gasteiger partial charge in [-0.2, -0.15) is 9.97 Å². The van der Waals surface area contributed by atoms with E-state index in [2.05, 4.69) is 33.4 Å². The predicted octanol–water partition coefficient (Wildman–Crippen LogP) is 5.33. The zero-order valence-corrected chi connectivity index (χ0v) is 23.9. The summed E-state index contributed by atoms with van der Waals surface area (Å²) in [5.41, 5.74) is 0.889. The Morgan fingerprint density at radius 1 is 1.20 bits per heavy atom. The van der Waals surface area contributed by atoms with Crippen molar-refractivity contribution in [3.05, 3.63) is 66.1 Å². The van der Waals surface area contributed by atoms with Gasteiger partial charge >= 0.3 is 6.01 Å². The number of likely N-dealkylation sites (N-methyl/N-ethyl adjacent to an activating group) is 1. The van der Waals surface area contributed by atoms with Crippen molar-refractivity contribution in [3.8, 4) is 17.3 Å². The molecule has 0 bridgehead atoms. The average Bonchev–Trinajstić information content (AvgIpc) is 3.40. The van der Waals surface area contributed by atoms with Gasteiger partial charge in [0.25, 0.3) is 0 Å². The van der Waals surface area contributed by atoms with E-state index in [0.717, 1.165) is 30.2 Å². The number of hydrogen-bond acceptors (Lipinski definition) is 7. The molecule has 10 heteroatoms. The van der Waals surface area contributed by atoms with E-state index in [0.29, 0.717) is 48.0 Å². The predicted molar refractivity (Wildman–Crippen MR) is 160 cm³/mol. The molecule has 0 N–H and O–H groups in total. The lowest BCUT2D eigenvalue weighted by atomic mass is 10.0. The molecule has 2 fully saturated rings. The minimum absolute atomic E-state index is 0.0841. The molecular weight excluding hydrogens is 543 g/mol. The number of hydrogen-bond donors (Lipinski definition) is 0. The molecule has 2 aromatic carbocycles. The zero-order chi connectivity index (χ0) is 28.7. The molecule has 0 unspecified atom stereocenters. The van der Waals surface area contributed by atoms with E-state index in [1.54, 1.807) is 17.2 Å². The minimum Gasteiger partial charge on any atom is -0.462 e. The highest BCUT2D eigenvalue weighted by Crippen LogP contribution is 2.37. The molecule has 41 heavy (non-hydrogen) atoms. The molecular formula is C31H32ClFN6O2. The average molecular weight is 575 g/mol. The van der Waals surface area contributed by atoms with E-state index in [1.807, 2.05) is 37.3 Å². The largest absolute Gasteiger partial charge is 0.462 e. The second kappa shape index (κ2) is 11.2. The molecule has 4 heterocycles. The molecule has 2 saturated heterocycles. The van der Waals surface area contributed by atoms with E-state index in [1.165, 1.54) is 6.08 Å². The summed E-state index contributed by atoms with van der Waals surface area (Å²) < 4.78 is 22.6. The fraction of sp³-hybridized carbons (Fsp3) is 0.355. The maximum Gasteiger partial charge on any atom is 0.319 e. The molecule has 2 aliphatic rings. The van der Waals surface area contributed by atoms with Crippen molar-refractivity contribution < 1.29 is 13.9 Å². The number of pyridine rings is 1. The first-order valence-electron chi connectivity index (χ1n) is 13.9. The number of amides is 1. The van der Waals surface area contributed by atoms with Crippen LogP contribution in [-0.4, -0.2) is 82.6 Å². The van der Waals surface area contributed by atoms with Crippen LogP contribution in [0.3, 0.4) is 0 Å². The van der Waals surface area contributed by atoms with Gasteiger partial charge in [0.1, 0.15) is 23.6 Å². The van der Waals surface area contributed by atoms with Crippen molar-refractivity contribution in [3.63, 3.8) is 0 Å². The molecule has 0 spiro atoms. The van der Waals surface area contributed by atoms with Crippen LogP contribution in [0.25, 0.3) is 32.9 Å². The summed E-state index contributed by atoms with van der Waals surface area (Å²) in [7, 11) is 2.08. The molecule has 212 valence electrons. The lowest BCUT2D eigenvalue weighted by molar-refractivity contribution is -0.126. The number of likely N-dealkylation sites (tertiary alicyclic amines) is 1. The number of ether oxygens (including phenoxy) is 1. The van der Waals surface area contributed by atoms with Crippen LogP contribution in [0.2, 0.25) is 5.02 Å². The number of rotatable bonds is 6. The smallest absolute Gasteiger partial charge is 0.319 e. The molecule has 2 atom stereocenters. The zero-order valence-electron chi connectivity index (χ0n) is 23.2. The molecule has 2 aliphatic heterocycles. The van der Waals surface area contributed by atoms with Gasteiger partial charge in [-0.05, 0) is 50.9 Å². The van der Waals surface area contributed by atoms with Gasteiger partial charge in [0.2, 0.25) is 5.91 Å². The highest BCUT2D eigenvalue weighted by atomic mass is 35.5. The Kier molecular flexibility index (Phi) is 7.48. The highest BCUT2D eigenvalue weighted by molar-refractivity contribution is 6.36. The number of anilines is 1. The Morgan fingerprint density at radius 2 is 2.00 bits per heavy atom. The highest BCUT2D eigenvalue weighted by Gasteiger charge is 2.30. The van der Waals surface area contributed by atoms with Crippen molar-refractivity contribution in [2.24, 2.45) is 0 Å². The third kappa shape index (κ3) is 5.08. The van der Waals surface area contributed by atoms with E-state index in [9.17, 15) is 4.79 Å². The van der Waals surface area contributed by atoms with Crippen molar-refractivity contribution in [1.29, 1.82) is 0 Å². The van der Waals surface area contributed by atoms with Crippen LogP contribution < -0.4 is 9.64 Å². The molecule has 0 saturated carbocycles. The Balaban J connectivity index is 1.46. The summed E-state index contributed by atoms with van der Waals surface area (Å²) in [5.74, 6) is -0.133. The molecule has 4 aromatic rings. The second-order valence-corrected chi connectivity index (χ2v) is 11.2. The van der Waals surface area contributed by atoms with Crippen LogP contribution in [0, 0.1) is 5.82 Å². The SMILES string of the molecule is C=CC(=O)N1CCN(c2nc(OC[C@@H]3CCCN3C)nc3c(F)c(-c4cccc5cccc(Cl)c45)ncc23)[C@@H](C)C1. The number of aromatic nitrogens is 3. The molecule has 0 radical (unpaired) electrons. The summed E-state index contributed by atoms with van der Waals surface area (Å²) in [6, 6.07) is 11.5. The number of carbonyl (C=O) groups is 1. The molecule has 0 aliphatic carbocycles. The maximum atomic E-state index is 16.5. The Bertz CT molecular complexity index is 1640. The van der Waals surface area contributed by atoms with Gasteiger partial charge in [-0.1, -0.05) is 48.5 Å². The number of nitrogens with zero attached hydrogens (tertiary/aromatic N) is 6. The normalized spacial score (nSPS) is 19.7. The van der Waals surface area contributed by atoms with Gasteiger partial charge in [0.15, 0.2) is 5.82 Å². The first-order chi connectivity index (χ1) is 19.9. The summed E-state index contributed by atoms with van der Waals surface area (Å²) in [6.45, 7) is 8.55. The topological polar surface area (TPSA) is 74.7 Å². The lowest BCUT2D eigenvalue weighted by Crippen LogP contribution is -2.53. The van der Waals surface area contributed by atoms with Gasteiger partial charge in [-0.15, -0.1) is 0 Å². The fourth-order valence-electron chi connectivity index (χ4n) is 5.95.